The molecule has 1 saturated heterocycles. The molecule has 1 aromatic carbocycles. The van der Waals surface area contributed by atoms with Gasteiger partial charge in [0.25, 0.3) is 0 Å². The Bertz CT molecular complexity index is 442. The molecule has 3 unspecified atom stereocenters. The minimum Gasteiger partial charge on any atom is -0.491 e. The van der Waals surface area contributed by atoms with Crippen LogP contribution in [-0.2, 0) is 11.3 Å². The molecule has 0 spiro atoms. The van der Waals surface area contributed by atoms with Crippen molar-refractivity contribution in [3.63, 3.8) is 0 Å². The number of hydrogen-bond acceptors (Lipinski definition) is 4. The molecule has 0 bridgehead atoms. The van der Waals surface area contributed by atoms with Gasteiger partial charge in [0, 0.05) is 19.2 Å². The molecule has 2 fully saturated rings. The molecule has 0 radical (unpaired) electrons. The van der Waals surface area contributed by atoms with Crippen LogP contribution in [0.2, 0.25) is 0 Å². The Kier molecular flexibility index (Phi) is 5.70. The van der Waals surface area contributed by atoms with Gasteiger partial charge in [-0.2, -0.15) is 0 Å². The Morgan fingerprint density at radius 3 is 2.64 bits per heavy atom. The number of aliphatic hydroxyl groups excluding tert-OH is 1. The van der Waals surface area contributed by atoms with Gasteiger partial charge in [0.15, 0.2) is 0 Å². The molecule has 2 N–H and O–H groups in total. The van der Waals surface area contributed by atoms with E-state index in [0.717, 1.165) is 51.0 Å². The summed E-state index contributed by atoms with van der Waals surface area (Å²) in [6, 6.07) is 8.45. The van der Waals surface area contributed by atoms with Crippen LogP contribution in [-0.4, -0.2) is 36.6 Å². The van der Waals surface area contributed by atoms with Crippen molar-refractivity contribution in [2.45, 2.75) is 63.3 Å². The number of hydrogen-bond donors (Lipinski definition) is 2. The van der Waals surface area contributed by atoms with Crippen LogP contribution < -0.4 is 10.1 Å². The molecule has 1 aliphatic carbocycles. The first kappa shape index (κ1) is 15.8. The quantitative estimate of drug-likeness (QED) is 0.848. The van der Waals surface area contributed by atoms with Gasteiger partial charge >= 0.3 is 0 Å². The maximum atomic E-state index is 9.97. The second-order valence-corrected chi connectivity index (χ2v) is 6.43. The molecular weight excluding hydrogens is 278 g/mol. The highest BCUT2D eigenvalue weighted by Crippen LogP contribution is 2.20. The standard InChI is InChI=1S/C18H27NO3/c20-18-6-2-1-5-17(18)19-12-14-7-9-15(10-8-14)22-13-16-4-3-11-21-16/h7-10,16-20H,1-6,11-13H2. The summed E-state index contributed by atoms with van der Waals surface area (Å²) in [6.45, 7) is 2.31. The third-order valence-electron chi connectivity index (χ3n) is 4.68. The van der Waals surface area contributed by atoms with Crippen molar-refractivity contribution in [1.29, 1.82) is 0 Å². The summed E-state index contributed by atoms with van der Waals surface area (Å²) in [5, 5.41) is 13.4. The van der Waals surface area contributed by atoms with Crippen molar-refractivity contribution in [3.8, 4) is 5.75 Å². The van der Waals surface area contributed by atoms with Gasteiger partial charge in [0.1, 0.15) is 12.4 Å². The molecular formula is C18H27NO3. The highest BCUT2D eigenvalue weighted by Gasteiger charge is 2.22. The van der Waals surface area contributed by atoms with Gasteiger partial charge < -0.3 is 19.9 Å². The Hall–Kier alpha value is -1.10. The molecule has 1 aliphatic heterocycles. The fraction of sp³-hybridized carbons (Fsp3) is 0.667. The Balaban J connectivity index is 1.42. The molecule has 0 amide bonds. The predicted molar refractivity (Wildman–Crippen MR) is 86.0 cm³/mol. The highest BCUT2D eigenvalue weighted by atomic mass is 16.5. The first-order chi connectivity index (χ1) is 10.8. The van der Waals surface area contributed by atoms with Crippen molar-refractivity contribution < 1.29 is 14.6 Å². The summed E-state index contributed by atoms with van der Waals surface area (Å²) < 4.78 is 11.3. The van der Waals surface area contributed by atoms with Gasteiger partial charge in [-0.3, -0.25) is 0 Å². The molecule has 4 nitrogen and oxygen atoms in total. The monoisotopic (exact) mass is 305 g/mol. The molecule has 3 atom stereocenters. The van der Waals surface area contributed by atoms with Gasteiger partial charge in [0.2, 0.25) is 0 Å². The average Bonchev–Trinajstić information content (AvgIpc) is 3.07. The number of aliphatic hydroxyl groups is 1. The Labute approximate surface area is 132 Å². The second-order valence-electron chi connectivity index (χ2n) is 6.43. The van der Waals surface area contributed by atoms with Crippen LogP contribution in [0.15, 0.2) is 24.3 Å². The summed E-state index contributed by atoms with van der Waals surface area (Å²) in [4.78, 5) is 0. The minimum absolute atomic E-state index is 0.192. The lowest BCUT2D eigenvalue weighted by Crippen LogP contribution is -2.41. The van der Waals surface area contributed by atoms with Gasteiger partial charge in [-0.05, 0) is 43.4 Å². The fourth-order valence-electron chi connectivity index (χ4n) is 3.27. The van der Waals surface area contributed by atoms with E-state index < -0.39 is 0 Å². The number of ether oxygens (including phenoxy) is 2. The molecule has 1 aromatic rings. The van der Waals surface area contributed by atoms with E-state index in [0.29, 0.717) is 6.61 Å². The molecule has 4 heteroatoms. The summed E-state index contributed by atoms with van der Waals surface area (Å²) >= 11 is 0. The van der Waals surface area contributed by atoms with Gasteiger partial charge in [-0.15, -0.1) is 0 Å². The van der Waals surface area contributed by atoms with E-state index in [-0.39, 0.29) is 18.2 Å². The fourth-order valence-corrected chi connectivity index (χ4v) is 3.27. The lowest BCUT2D eigenvalue weighted by molar-refractivity contribution is 0.0679. The first-order valence-electron chi connectivity index (χ1n) is 8.56. The largest absolute Gasteiger partial charge is 0.491 e. The number of benzene rings is 1. The van der Waals surface area contributed by atoms with E-state index in [2.05, 4.69) is 17.4 Å². The molecule has 1 heterocycles. The van der Waals surface area contributed by atoms with Gasteiger partial charge in [0.05, 0.1) is 12.2 Å². The van der Waals surface area contributed by atoms with Crippen LogP contribution in [0.3, 0.4) is 0 Å². The Morgan fingerprint density at radius 1 is 1.09 bits per heavy atom. The zero-order valence-electron chi connectivity index (χ0n) is 13.2. The lowest BCUT2D eigenvalue weighted by atomic mass is 9.92. The van der Waals surface area contributed by atoms with Gasteiger partial charge in [-0.25, -0.2) is 0 Å². The van der Waals surface area contributed by atoms with E-state index in [1.807, 2.05) is 12.1 Å². The van der Waals surface area contributed by atoms with Crippen LogP contribution in [0.5, 0.6) is 5.75 Å². The summed E-state index contributed by atoms with van der Waals surface area (Å²) in [5.41, 5.74) is 1.22. The molecule has 0 aromatic heterocycles. The van der Waals surface area contributed by atoms with Crippen molar-refractivity contribution in [1.82, 2.24) is 5.32 Å². The van der Waals surface area contributed by atoms with E-state index >= 15 is 0 Å². The van der Waals surface area contributed by atoms with Crippen LogP contribution in [0.4, 0.5) is 0 Å². The van der Waals surface area contributed by atoms with Crippen LogP contribution in [0.1, 0.15) is 44.1 Å². The summed E-state index contributed by atoms with van der Waals surface area (Å²) in [5.74, 6) is 0.900. The first-order valence-corrected chi connectivity index (χ1v) is 8.56. The highest BCUT2D eigenvalue weighted by molar-refractivity contribution is 5.27. The van der Waals surface area contributed by atoms with E-state index in [9.17, 15) is 5.11 Å². The third kappa shape index (κ3) is 4.45. The van der Waals surface area contributed by atoms with E-state index in [1.54, 1.807) is 0 Å². The molecule has 3 rings (SSSR count). The van der Waals surface area contributed by atoms with Crippen molar-refractivity contribution in [2.24, 2.45) is 0 Å². The predicted octanol–water partition coefficient (Wildman–Crippen LogP) is 2.64. The molecule has 1 saturated carbocycles. The second kappa shape index (κ2) is 7.95. The van der Waals surface area contributed by atoms with Crippen molar-refractivity contribution in [3.05, 3.63) is 29.8 Å². The third-order valence-corrected chi connectivity index (χ3v) is 4.68. The smallest absolute Gasteiger partial charge is 0.119 e. The minimum atomic E-state index is -0.192. The average molecular weight is 305 g/mol. The number of rotatable bonds is 6. The summed E-state index contributed by atoms with van der Waals surface area (Å²) in [7, 11) is 0. The molecule has 2 aliphatic rings. The van der Waals surface area contributed by atoms with Crippen LogP contribution in [0.25, 0.3) is 0 Å². The van der Waals surface area contributed by atoms with Crippen LogP contribution in [0, 0.1) is 0 Å². The molecule has 22 heavy (non-hydrogen) atoms. The Morgan fingerprint density at radius 2 is 1.91 bits per heavy atom. The zero-order valence-corrected chi connectivity index (χ0v) is 13.2. The topological polar surface area (TPSA) is 50.7 Å². The van der Waals surface area contributed by atoms with Gasteiger partial charge in [-0.1, -0.05) is 25.0 Å². The van der Waals surface area contributed by atoms with Crippen LogP contribution >= 0.6 is 0 Å². The normalized spacial score (nSPS) is 28.7. The summed E-state index contributed by atoms with van der Waals surface area (Å²) in [6.07, 6.45) is 6.67. The van der Waals surface area contributed by atoms with E-state index in [4.69, 9.17) is 9.47 Å². The maximum absolute atomic E-state index is 9.97. The SMILES string of the molecule is OC1CCCCC1NCc1ccc(OCC2CCCO2)cc1. The lowest BCUT2D eigenvalue weighted by Gasteiger charge is -2.28. The van der Waals surface area contributed by atoms with Crippen molar-refractivity contribution >= 4 is 0 Å². The zero-order chi connectivity index (χ0) is 15.2. The molecule has 122 valence electrons. The van der Waals surface area contributed by atoms with Crippen molar-refractivity contribution in [2.75, 3.05) is 13.2 Å². The maximum Gasteiger partial charge on any atom is 0.119 e. The number of nitrogens with one attached hydrogen (secondary N) is 1. The van der Waals surface area contributed by atoms with E-state index in [1.165, 1.54) is 12.0 Å².